The third-order valence-corrected chi connectivity index (χ3v) is 4.23. The third kappa shape index (κ3) is 3.87. The fraction of sp³-hybridized carbons (Fsp3) is 0.136. The Balaban J connectivity index is 1.38. The number of rotatable bonds is 6. The molecule has 2 aromatic heterocycles. The lowest BCUT2D eigenvalue weighted by molar-refractivity contribution is 0.0903. The number of benzene rings is 2. The molecule has 5 heteroatoms. The average molecular weight is 361 g/mol. The summed E-state index contributed by atoms with van der Waals surface area (Å²) < 4.78 is 17.0. The van der Waals surface area contributed by atoms with Gasteiger partial charge in [0.15, 0.2) is 5.76 Å². The SMILES string of the molecule is CC(NC(=O)c1ccc(COc2ccccc2)o1)c1cc2ccccc2o1. The Bertz CT molecular complexity index is 1020. The van der Waals surface area contributed by atoms with Crippen LogP contribution in [0.2, 0.25) is 0 Å². The summed E-state index contributed by atoms with van der Waals surface area (Å²) in [6, 6.07) is 22.2. The summed E-state index contributed by atoms with van der Waals surface area (Å²) in [5.41, 5.74) is 0.798. The van der Waals surface area contributed by atoms with E-state index in [1.807, 2.05) is 67.6 Å². The minimum Gasteiger partial charge on any atom is -0.486 e. The highest BCUT2D eigenvalue weighted by Gasteiger charge is 2.18. The molecule has 2 heterocycles. The number of hydrogen-bond acceptors (Lipinski definition) is 4. The summed E-state index contributed by atoms with van der Waals surface area (Å²) in [6.45, 7) is 2.13. The molecule has 2 aromatic carbocycles. The zero-order valence-corrected chi connectivity index (χ0v) is 14.8. The smallest absolute Gasteiger partial charge is 0.287 e. The van der Waals surface area contributed by atoms with Crippen LogP contribution in [0.1, 0.15) is 35.0 Å². The predicted octanol–water partition coefficient (Wildman–Crippen LogP) is 5.10. The summed E-state index contributed by atoms with van der Waals surface area (Å²) in [7, 11) is 0. The second-order valence-electron chi connectivity index (χ2n) is 6.25. The Morgan fingerprint density at radius 1 is 1.00 bits per heavy atom. The number of para-hydroxylation sites is 2. The third-order valence-electron chi connectivity index (χ3n) is 4.23. The van der Waals surface area contributed by atoms with Crippen molar-refractivity contribution in [2.24, 2.45) is 0 Å². The molecular weight excluding hydrogens is 342 g/mol. The van der Waals surface area contributed by atoms with Gasteiger partial charge in [-0.15, -0.1) is 0 Å². The lowest BCUT2D eigenvalue weighted by Crippen LogP contribution is -2.25. The van der Waals surface area contributed by atoms with Crippen LogP contribution in [0.5, 0.6) is 5.75 Å². The molecule has 27 heavy (non-hydrogen) atoms. The van der Waals surface area contributed by atoms with Crippen molar-refractivity contribution in [2.45, 2.75) is 19.6 Å². The van der Waals surface area contributed by atoms with Gasteiger partial charge in [-0.2, -0.15) is 0 Å². The van der Waals surface area contributed by atoms with E-state index in [1.165, 1.54) is 0 Å². The van der Waals surface area contributed by atoms with E-state index < -0.39 is 0 Å². The van der Waals surface area contributed by atoms with Crippen molar-refractivity contribution in [3.05, 3.63) is 90.1 Å². The van der Waals surface area contributed by atoms with Crippen LogP contribution >= 0.6 is 0 Å². The molecule has 0 saturated heterocycles. The van der Waals surface area contributed by atoms with Crippen LogP contribution in [-0.4, -0.2) is 5.91 Å². The summed E-state index contributed by atoms with van der Waals surface area (Å²) in [4.78, 5) is 12.4. The summed E-state index contributed by atoms with van der Waals surface area (Å²) in [5.74, 6) is 1.97. The van der Waals surface area contributed by atoms with E-state index in [0.29, 0.717) is 11.5 Å². The summed E-state index contributed by atoms with van der Waals surface area (Å²) in [6.07, 6.45) is 0. The molecule has 4 rings (SSSR count). The zero-order chi connectivity index (χ0) is 18.6. The quantitative estimate of drug-likeness (QED) is 0.519. The van der Waals surface area contributed by atoms with E-state index in [-0.39, 0.29) is 24.3 Å². The molecule has 0 aliphatic heterocycles. The number of amides is 1. The fourth-order valence-corrected chi connectivity index (χ4v) is 2.80. The topological polar surface area (TPSA) is 64.6 Å². The first-order valence-electron chi connectivity index (χ1n) is 8.75. The van der Waals surface area contributed by atoms with Crippen LogP contribution < -0.4 is 10.1 Å². The number of hydrogen-bond donors (Lipinski definition) is 1. The van der Waals surface area contributed by atoms with Gasteiger partial charge >= 0.3 is 0 Å². The first-order valence-corrected chi connectivity index (χ1v) is 8.75. The highest BCUT2D eigenvalue weighted by molar-refractivity contribution is 5.91. The van der Waals surface area contributed by atoms with Gasteiger partial charge in [0.05, 0.1) is 6.04 Å². The second-order valence-corrected chi connectivity index (χ2v) is 6.25. The molecule has 0 fully saturated rings. The van der Waals surface area contributed by atoms with Gasteiger partial charge in [0.1, 0.15) is 29.5 Å². The van der Waals surface area contributed by atoms with Crippen molar-refractivity contribution >= 4 is 16.9 Å². The van der Waals surface area contributed by atoms with Crippen molar-refractivity contribution in [2.75, 3.05) is 0 Å². The van der Waals surface area contributed by atoms with E-state index >= 15 is 0 Å². The first-order chi connectivity index (χ1) is 13.2. The molecule has 0 aliphatic rings. The Morgan fingerprint density at radius 2 is 1.78 bits per heavy atom. The lowest BCUT2D eigenvalue weighted by Gasteiger charge is -2.09. The highest BCUT2D eigenvalue weighted by Crippen LogP contribution is 2.24. The van der Waals surface area contributed by atoms with Crippen LogP contribution in [-0.2, 0) is 6.61 Å². The number of furan rings is 2. The minimum atomic E-state index is -0.297. The predicted molar refractivity (Wildman–Crippen MR) is 102 cm³/mol. The zero-order valence-electron chi connectivity index (χ0n) is 14.8. The standard InChI is InChI=1S/C22H19NO4/c1-15(21-13-16-7-5-6-10-19(16)27-21)23-22(24)20-12-11-18(26-20)14-25-17-8-3-2-4-9-17/h2-13,15H,14H2,1H3,(H,23,24). The van der Waals surface area contributed by atoms with Gasteiger partial charge in [0.2, 0.25) is 0 Å². The molecular formula is C22H19NO4. The first kappa shape index (κ1) is 17.0. The van der Waals surface area contributed by atoms with Crippen LogP contribution in [0.4, 0.5) is 0 Å². The van der Waals surface area contributed by atoms with Gasteiger partial charge in [-0.1, -0.05) is 36.4 Å². The normalized spacial score (nSPS) is 12.0. The summed E-state index contributed by atoms with van der Waals surface area (Å²) >= 11 is 0. The van der Waals surface area contributed by atoms with Crippen molar-refractivity contribution in [1.82, 2.24) is 5.32 Å². The highest BCUT2D eigenvalue weighted by atomic mass is 16.5. The van der Waals surface area contributed by atoms with E-state index in [1.54, 1.807) is 12.1 Å². The number of ether oxygens (including phenoxy) is 1. The Labute approximate surface area is 156 Å². The van der Waals surface area contributed by atoms with Gasteiger partial charge in [-0.3, -0.25) is 4.79 Å². The largest absolute Gasteiger partial charge is 0.486 e. The van der Waals surface area contributed by atoms with Crippen molar-refractivity contribution in [3.63, 3.8) is 0 Å². The lowest BCUT2D eigenvalue weighted by atomic mass is 10.2. The van der Waals surface area contributed by atoms with Gasteiger partial charge in [0.25, 0.3) is 5.91 Å². The monoisotopic (exact) mass is 361 g/mol. The molecule has 1 atom stereocenters. The summed E-state index contributed by atoms with van der Waals surface area (Å²) in [5, 5.41) is 3.90. The molecule has 1 unspecified atom stereocenters. The maximum absolute atomic E-state index is 12.4. The molecule has 0 radical (unpaired) electrons. The Morgan fingerprint density at radius 3 is 2.59 bits per heavy atom. The minimum absolute atomic E-state index is 0.240. The van der Waals surface area contributed by atoms with Gasteiger partial charge in [0, 0.05) is 5.39 Å². The van der Waals surface area contributed by atoms with Gasteiger partial charge < -0.3 is 18.9 Å². The molecule has 0 spiro atoms. The molecule has 1 amide bonds. The number of fused-ring (bicyclic) bond motifs is 1. The number of nitrogens with one attached hydrogen (secondary N) is 1. The van der Waals surface area contributed by atoms with E-state index in [9.17, 15) is 4.79 Å². The van der Waals surface area contributed by atoms with Crippen LogP contribution in [0.3, 0.4) is 0 Å². The van der Waals surface area contributed by atoms with Crippen molar-refractivity contribution in [3.8, 4) is 5.75 Å². The maximum atomic E-state index is 12.4. The number of carbonyl (C=O) groups is 1. The van der Waals surface area contributed by atoms with Crippen LogP contribution in [0.15, 0.2) is 81.6 Å². The second kappa shape index (κ2) is 7.41. The maximum Gasteiger partial charge on any atom is 0.287 e. The van der Waals surface area contributed by atoms with Crippen LogP contribution in [0.25, 0.3) is 11.0 Å². The van der Waals surface area contributed by atoms with E-state index in [4.69, 9.17) is 13.6 Å². The van der Waals surface area contributed by atoms with Crippen LogP contribution in [0, 0.1) is 0 Å². The molecule has 0 saturated carbocycles. The van der Waals surface area contributed by atoms with Gasteiger partial charge in [-0.05, 0) is 43.3 Å². The average Bonchev–Trinajstić information content (AvgIpc) is 3.34. The Hall–Kier alpha value is -3.47. The molecule has 136 valence electrons. The van der Waals surface area contributed by atoms with Crippen molar-refractivity contribution < 1.29 is 18.4 Å². The van der Waals surface area contributed by atoms with Gasteiger partial charge in [-0.25, -0.2) is 0 Å². The molecule has 0 bridgehead atoms. The fourth-order valence-electron chi connectivity index (χ4n) is 2.80. The molecule has 4 aromatic rings. The van der Waals surface area contributed by atoms with Crippen molar-refractivity contribution in [1.29, 1.82) is 0 Å². The molecule has 1 N–H and O–H groups in total. The molecule has 0 aliphatic carbocycles. The van der Waals surface area contributed by atoms with E-state index in [2.05, 4.69) is 5.32 Å². The number of carbonyl (C=O) groups excluding carboxylic acids is 1. The van der Waals surface area contributed by atoms with E-state index in [0.717, 1.165) is 16.7 Å². The molecule has 5 nitrogen and oxygen atoms in total. The Kier molecular flexibility index (Phi) is 4.66.